The molecule has 156 valence electrons. The predicted molar refractivity (Wildman–Crippen MR) is 114 cm³/mol. The van der Waals surface area contributed by atoms with E-state index in [0.717, 1.165) is 17.3 Å². The molecule has 0 fully saturated rings. The Labute approximate surface area is 184 Å². The number of benzene rings is 2. The summed E-state index contributed by atoms with van der Waals surface area (Å²) in [6.07, 6.45) is 0. The zero-order chi connectivity index (χ0) is 22.2. The topological polar surface area (TPSA) is 112 Å². The summed E-state index contributed by atoms with van der Waals surface area (Å²) in [6.45, 7) is 0.136. The lowest BCUT2D eigenvalue weighted by Gasteiger charge is -2.29. The number of carbonyl (C=O) groups is 2. The van der Waals surface area contributed by atoms with Crippen LogP contribution in [0.15, 0.2) is 65.2 Å². The molecule has 0 aliphatic carbocycles. The Bertz CT molecular complexity index is 1090. The van der Waals surface area contributed by atoms with Crippen LogP contribution in [0.4, 0.5) is 0 Å². The van der Waals surface area contributed by atoms with Crippen LogP contribution in [0.25, 0.3) is 0 Å². The number of esters is 1. The number of hydrogen-bond acceptors (Lipinski definition) is 7. The van der Waals surface area contributed by atoms with Crippen molar-refractivity contribution in [3.05, 3.63) is 76.3 Å². The number of methoxy groups -OCH3 is 1. The minimum absolute atomic E-state index is 0.0938. The minimum Gasteiger partial charge on any atom is -0.496 e. The normalized spacial score (nSPS) is 17.8. The molecule has 1 aliphatic rings. The molecule has 2 aromatic carbocycles. The van der Waals surface area contributed by atoms with Crippen molar-refractivity contribution < 1.29 is 19.1 Å². The van der Waals surface area contributed by atoms with Crippen molar-refractivity contribution in [3.8, 4) is 17.9 Å². The molecule has 0 saturated heterocycles. The number of nitrogens with one attached hydrogen (secondary N) is 1. The maximum absolute atomic E-state index is 12.6. The summed E-state index contributed by atoms with van der Waals surface area (Å²) in [4.78, 5) is 24.8. The van der Waals surface area contributed by atoms with Crippen molar-refractivity contribution >= 4 is 23.6 Å². The fraction of sp³-hybridized carbons (Fsp3) is 0.217. The van der Waals surface area contributed by atoms with Crippen molar-refractivity contribution in [3.63, 3.8) is 0 Å². The molecule has 1 aliphatic heterocycles. The lowest BCUT2D eigenvalue weighted by molar-refractivity contribution is -0.141. The first-order chi connectivity index (χ1) is 15.1. The summed E-state index contributed by atoms with van der Waals surface area (Å²) in [5.41, 5.74) is 1.63. The largest absolute Gasteiger partial charge is 0.496 e. The Hall–Kier alpha value is -3.75. The number of rotatable bonds is 7. The highest BCUT2D eigenvalue weighted by Gasteiger charge is 2.40. The highest BCUT2D eigenvalue weighted by Crippen LogP contribution is 2.42. The molecule has 0 unspecified atom stereocenters. The van der Waals surface area contributed by atoms with Gasteiger partial charge in [0.15, 0.2) is 0 Å². The van der Waals surface area contributed by atoms with Crippen molar-refractivity contribution in [2.75, 3.05) is 12.9 Å². The van der Waals surface area contributed by atoms with Gasteiger partial charge in [-0.25, -0.2) is 0 Å². The number of nitriles is 2. The zero-order valence-electron chi connectivity index (χ0n) is 16.7. The predicted octanol–water partition coefficient (Wildman–Crippen LogP) is 3.26. The first kappa shape index (κ1) is 21.9. The Morgan fingerprint density at radius 1 is 1.13 bits per heavy atom. The molecule has 2 atom stereocenters. The molecule has 2 aromatic rings. The maximum atomic E-state index is 12.6. The van der Waals surface area contributed by atoms with E-state index in [-0.39, 0.29) is 23.0 Å². The van der Waals surface area contributed by atoms with Crippen LogP contribution in [-0.2, 0) is 20.9 Å². The van der Waals surface area contributed by atoms with Gasteiger partial charge in [0.05, 0.1) is 41.5 Å². The van der Waals surface area contributed by atoms with Crippen LogP contribution in [0.2, 0.25) is 0 Å². The van der Waals surface area contributed by atoms with Crippen LogP contribution in [0.3, 0.4) is 0 Å². The van der Waals surface area contributed by atoms with E-state index >= 15 is 0 Å². The summed E-state index contributed by atoms with van der Waals surface area (Å²) in [5.74, 6) is -2.53. The van der Waals surface area contributed by atoms with E-state index in [4.69, 9.17) is 9.47 Å². The summed E-state index contributed by atoms with van der Waals surface area (Å²) in [5, 5.41) is 22.3. The minimum atomic E-state index is -1.10. The van der Waals surface area contributed by atoms with Gasteiger partial charge in [-0.2, -0.15) is 10.5 Å². The molecule has 7 nitrogen and oxygen atoms in total. The van der Waals surface area contributed by atoms with Crippen LogP contribution in [0.1, 0.15) is 17.0 Å². The first-order valence-corrected chi connectivity index (χ1v) is 10.4. The Morgan fingerprint density at radius 3 is 2.52 bits per heavy atom. The van der Waals surface area contributed by atoms with E-state index in [1.165, 1.54) is 7.11 Å². The fourth-order valence-corrected chi connectivity index (χ4v) is 4.10. The van der Waals surface area contributed by atoms with Gasteiger partial charge in [0.1, 0.15) is 18.3 Å². The zero-order valence-corrected chi connectivity index (χ0v) is 17.5. The van der Waals surface area contributed by atoms with Crippen molar-refractivity contribution in [1.82, 2.24) is 5.32 Å². The third-order valence-corrected chi connectivity index (χ3v) is 5.71. The average Bonchev–Trinajstić information content (AvgIpc) is 2.81. The third kappa shape index (κ3) is 5.06. The van der Waals surface area contributed by atoms with Crippen LogP contribution in [-0.4, -0.2) is 24.7 Å². The second-order valence-electron chi connectivity index (χ2n) is 6.61. The molecule has 3 rings (SSSR count). The number of ether oxygens (including phenoxy) is 2. The summed E-state index contributed by atoms with van der Waals surface area (Å²) < 4.78 is 10.6. The number of thioether (sulfide) groups is 1. The molecule has 1 N–H and O–H groups in total. The number of para-hydroxylation sites is 1. The number of allylic oxidation sites excluding steroid dienone is 1. The second kappa shape index (κ2) is 10.3. The van der Waals surface area contributed by atoms with Gasteiger partial charge in [-0.1, -0.05) is 60.3 Å². The molecule has 8 heteroatoms. The van der Waals surface area contributed by atoms with Crippen molar-refractivity contribution in [2.45, 2.75) is 12.5 Å². The maximum Gasteiger partial charge on any atom is 0.316 e. The van der Waals surface area contributed by atoms with Gasteiger partial charge < -0.3 is 14.8 Å². The third-order valence-electron chi connectivity index (χ3n) is 4.72. The lowest BCUT2D eigenvalue weighted by atomic mass is 9.79. The smallest absolute Gasteiger partial charge is 0.316 e. The van der Waals surface area contributed by atoms with E-state index in [1.54, 1.807) is 24.3 Å². The molecular formula is C23H19N3O4S. The van der Waals surface area contributed by atoms with Gasteiger partial charge in [0.25, 0.3) is 0 Å². The van der Waals surface area contributed by atoms with Gasteiger partial charge in [-0.15, -0.1) is 0 Å². The molecule has 0 spiro atoms. The van der Waals surface area contributed by atoms with E-state index in [2.05, 4.69) is 11.4 Å². The fourth-order valence-electron chi connectivity index (χ4n) is 3.25. The van der Waals surface area contributed by atoms with Crippen LogP contribution < -0.4 is 10.1 Å². The summed E-state index contributed by atoms with van der Waals surface area (Å²) in [6, 6.07) is 20.3. The van der Waals surface area contributed by atoms with E-state index in [9.17, 15) is 20.1 Å². The molecule has 0 bridgehead atoms. The van der Waals surface area contributed by atoms with Crippen molar-refractivity contribution in [1.29, 1.82) is 10.5 Å². The second-order valence-corrected chi connectivity index (χ2v) is 7.59. The van der Waals surface area contributed by atoms with Gasteiger partial charge in [0.2, 0.25) is 5.91 Å². The summed E-state index contributed by atoms with van der Waals surface area (Å²) >= 11 is 1.00. The molecule has 1 heterocycles. The molecule has 0 aromatic heterocycles. The Balaban J connectivity index is 1.81. The first-order valence-electron chi connectivity index (χ1n) is 9.39. The molecule has 0 radical (unpaired) electrons. The molecule has 31 heavy (non-hydrogen) atoms. The molecule has 0 saturated carbocycles. The van der Waals surface area contributed by atoms with Crippen LogP contribution in [0, 0.1) is 28.6 Å². The number of amides is 1. The Morgan fingerprint density at radius 2 is 1.84 bits per heavy atom. The summed E-state index contributed by atoms with van der Waals surface area (Å²) in [7, 11) is 1.48. The van der Waals surface area contributed by atoms with Gasteiger partial charge in [0, 0.05) is 5.56 Å². The van der Waals surface area contributed by atoms with E-state index in [1.807, 2.05) is 36.4 Å². The van der Waals surface area contributed by atoms with Gasteiger partial charge >= 0.3 is 5.97 Å². The number of hydrogen-bond donors (Lipinski definition) is 1. The average molecular weight is 433 g/mol. The molecule has 1 amide bonds. The van der Waals surface area contributed by atoms with Gasteiger partial charge in [-0.3, -0.25) is 9.59 Å². The number of carbonyl (C=O) groups excluding carboxylic acids is 2. The number of nitrogens with zero attached hydrogens (tertiary/aromatic N) is 2. The highest BCUT2D eigenvalue weighted by atomic mass is 32.2. The highest BCUT2D eigenvalue weighted by molar-refractivity contribution is 8.03. The van der Waals surface area contributed by atoms with E-state index < -0.39 is 23.7 Å². The lowest BCUT2D eigenvalue weighted by Crippen LogP contribution is -2.39. The monoisotopic (exact) mass is 433 g/mol. The van der Waals surface area contributed by atoms with Crippen LogP contribution in [0.5, 0.6) is 5.75 Å². The quantitative estimate of drug-likeness (QED) is 0.667. The Kier molecular flexibility index (Phi) is 7.31. The van der Waals surface area contributed by atoms with Crippen molar-refractivity contribution in [2.24, 2.45) is 5.92 Å². The molecular weight excluding hydrogens is 414 g/mol. The van der Waals surface area contributed by atoms with Gasteiger partial charge in [-0.05, 0) is 11.6 Å². The standard InChI is InChI=1S/C23H19N3O4S/c1-29-19-10-6-5-9-16(19)21-17(11-24)22(28)26-23(18(21)12-25)31-14-20(27)30-13-15-7-3-2-4-8-15/h2-10,17,21H,13-14H2,1H3,(H,26,28)/t17-,21-/m0/s1. The van der Waals surface area contributed by atoms with E-state index in [0.29, 0.717) is 11.3 Å². The SMILES string of the molecule is COc1ccccc1[C@@H]1C(C#N)=C(SCC(=O)OCc2ccccc2)NC(=O)[C@H]1C#N. The van der Waals surface area contributed by atoms with Crippen LogP contribution >= 0.6 is 11.8 Å².